The molecule has 1 fully saturated rings. The van der Waals surface area contributed by atoms with Gasteiger partial charge in [-0.3, -0.25) is 0 Å². The summed E-state index contributed by atoms with van der Waals surface area (Å²) in [6.07, 6.45) is 1.93. The fraction of sp³-hybridized carbons (Fsp3) is 0.222. The van der Waals surface area contributed by atoms with Crippen molar-refractivity contribution in [1.29, 1.82) is 0 Å². The lowest BCUT2D eigenvalue weighted by atomic mass is 9.95. The van der Waals surface area contributed by atoms with Gasteiger partial charge in [-0.15, -0.1) is 10.2 Å². The van der Waals surface area contributed by atoms with Crippen molar-refractivity contribution >= 4 is 23.2 Å². The van der Waals surface area contributed by atoms with Crippen molar-refractivity contribution in [2.24, 2.45) is 7.05 Å². The number of hydrogen-bond acceptors (Lipinski definition) is 2. The zero-order valence-corrected chi connectivity index (χ0v) is 14.4. The maximum atomic E-state index is 13.2. The van der Waals surface area contributed by atoms with E-state index in [9.17, 15) is 4.39 Å². The van der Waals surface area contributed by atoms with Crippen LogP contribution >= 0.6 is 23.2 Å². The molecule has 1 aliphatic rings. The summed E-state index contributed by atoms with van der Waals surface area (Å²) in [6.45, 7) is 0. The SMILES string of the molecule is Cn1c(-c2cc(Cl)ccc2Cl)nnc1C1(c2ccc(F)cc2)CC1. The van der Waals surface area contributed by atoms with Crippen LogP contribution in [-0.2, 0) is 12.5 Å². The maximum absolute atomic E-state index is 13.2. The van der Waals surface area contributed by atoms with Crippen LogP contribution in [0.15, 0.2) is 42.5 Å². The van der Waals surface area contributed by atoms with Gasteiger partial charge in [0.2, 0.25) is 0 Å². The van der Waals surface area contributed by atoms with E-state index in [0.717, 1.165) is 29.8 Å². The molecule has 0 N–H and O–H groups in total. The third-order valence-corrected chi connectivity index (χ3v) is 5.18. The fourth-order valence-electron chi connectivity index (χ4n) is 3.18. The Bertz CT molecular complexity index is 915. The molecule has 1 saturated carbocycles. The van der Waals surface area contributed by atoms with Crippen LogP contribution in [0, 0.1) is 5.82 Å². The van der Waals surface area contributed by atoms with Crippen molar-refractivity contribution in [3.05, 3.63) is 69.7 Å². The number of halogens is 3. The molecular weight excluding hydrogens is 348 g/mol. The van der Waals surface area contributed by atoms with Crippen LogP contribution in [0.5, 0.6) is 0 Å². The van der Waals surface area contributed by atoms with Crippen molar-refractivity contribution in [3.63, 3.8) is 0 Å². The molecule has 24 heavy (non-hydrogen) atoms. The van der Waals surface area contributed by atoms with Crippen LogP contribution in [-0.4, -0.2) is 14.8 Å². The lowest BCUT2D eigenvalue weighted by molar-refractivity contribution is 0.624. The molecule has 122 valence electrons. The van der Waals surface area contributed by atoms with E-state index in [4.69, 9.17) is 23.2 Å². The van der Waals surface area contributed by atoms with Gasteiger partial charge in [-0.05, 0) is 48.7 Å². The fourth-order valence-corrected chi connectivity index (χ4v) is 3.56. The van der Waals surface area contributed by atoms with Crippen LogP contribution in [0.1, 0.15) is 24.2 Å². The highest BCUT2D eigenvalue weighted by atomic mass is 35.5. The summed E-state index contributed by atoms with van der Waals surface area (Å²) >= 11 is 12.4. The van der Waals surface area contributed by atoms with Gasteiger partial charge >= 0.3 is 0 Å². The highest BCUT2D eigenvalue weighted by molar-refractivity contribution is 6.35. The minimum absolute atomic E-state index is 0.196. The first kappa shape index (κ1) is 15.6. The summed E-state index contributed by atoms with van der Waals surface area (Å²) < 4.78 is 15.2. The molecule has 0 radical (unpaired) electrons. The van der Waals surface area contributed by atoms with E-state index in [1.54, 1.807) is 18.2 Å². The molecule has 4 rings (SSSR count). The molecule has 0 bridgehead atoms. The van der Waals surface area contributed by atoms with Crippen molar-refractivity contribution in [1.82, 2.24) is 14.8 Å². The van der Waals surface area contributed by atoms with Crippen molar-refractivity contribution in [2.75, 3.05) is 0 Å². The van der Waals surface area contributed by atoms with Gasteiger partial charge in [0, 0.05) is 17.6 Å². The van der Waals surface area contributed by atoms with E-state index in [-0.39, 0.29) is 11.2 Å². The normalized spacial score (nSPS) is 15.5. The predicted octanol–water partition coefficient (Wildman–Crippen LogP) is 5.01. The molecular formula is C18H14Cl2FN3. The van der Waals surface area contributed by atoms with Crippen molar-refractivity contribution in [3.8, 4) is 11.4 Å². The number of aromatic nitrogens is 3. The van der Waals surface area contributed by atoms with Gasteiger partial charge < -0.3 is 4.57 Å². The van der Waals surface area contributed by atoms with Gasteiger partial charge in [-0.2, -0.15) is 0 Å². The lowest BCUT2D eigenvalue weighted by Gasteiger charge is -2.15. The van der Waals surface area contributed by atoms with Crippen molar-refractivity contribution < 1.29 is 4.39 Å². The molecule has 0 unspecified atom stereocenters. The number of hydrogen-bond donors (Lipinski definition) is 0. The van der Waals surface area contributed by atoms with Gasteiger partial charge in [-0.25, -0.2) is 4.39 Å². The zero-order valence-electron chi connectivity index (χ0n) is 12.9. The van der Waals surface area contributed by atoms with Gasteiger partial charge in [0.25, 0.3) is 0 Å². The molecule has 0 atom stereocenters. The quantitative estimate of drug-likeness (QED) is 0.656. The third kappa shape index (κ3) is 2.41. The largest absolute Gasteiger partial charge is 0.313 e. The van der Waals surface area contributed by atoms with Crippen LogP contribution in [0.3, 0.4) is 0 Å². The summed E-state index contributed by atoms with van der Waals surface area (Å²) in [4.78, 5) is 0. The molecule has 0 amide bonds. The Balaban J connectivity index is 1.80. The second-order valence-corrected chi connectivity index (χ2v) is 6.96. The zero-order chi connectivity index (χ0) is 16.9. The Morgan fingerprint density at radius 2 is 1.75 bits per heavy atom. The van der Waals surface area contributed by atoms with Gasteiger partial charge in [0.1, 0.15) is 11.6 Å². The smallest absolute Gasteiger partial charge is 0.165 e. The molecule has 0 saturated heterocycles. The molecule has 1 heterocycles. The summed E-state index contributed by atoms with van der Waals surface area (Å²) in [5.41, 5.74) is 1.61. The lowest BCUT2D eigenvalue weighted by Crippen LogP contribution is -2.15. The molecule has 1 aromatic heterocycles. The Hall–Kier alpha value is -1.91. The molecule has 2 aromatic carbocycles. The minimum atomic E-state index is -0.237. The Morgan fingerprint density at radius 3 is 2.42 bits per heavy atom. The van der Waals surface area contributed by atoms with E-state index in [0.29, 0.717) is 15.9 Å². The number of benzene rings is 2. The topological polar surface area (TPSA) is 30.7 Å². The van der Waals surface area contributed by atoms with Gasteiger partial charge in [0.15, 0.2) is 5.82 Å². The monoisotopic (exact) mass is 361 g/mol. The summed E-state index contributed by atoms with van der Waals surface area (Å²) in [6, 6.07) is 11.9. The molecule has 0 spiro atoms. The van der Waals surface area contributed by atoms with E-state index < -0.39 is 0 Å². The molecule has 0 aliphatic heterocycles. The van der Waals surface area contributed by atoms with E-state index in [2.05, 4.69) is 10.2 Å². The third-order valence-electron chi connectivity index (χ3n) is 4.62. The Kier molecular flexibility index (Phi) is 3.62. The second-order valence-electron chi connectivity index (χ2n) is 6.12. The van der Waals surface area contributed by atoms with Crippen molar-refractivity contribution in [2.45, 2.75) is 18.3 Å². The maximum Gasteiger partial charge on any atom is 0.165 e. The van der Waals surface area contributed by atoms with Crippen LogP contribution in [0.25, 0.3) is 11.4 Å². The van der Waals surface area contributed by atoms with Crippen LogP contribution in [0.2, 0.25) is 10.0 Å². The highest BCUT2D eigenvalue weighted by Gasteiger charge is 2.50. The number of nitrogens with zero attached hydrogens (tertiary/aromatic N) is 3. The van der Waals surface area contributed by atoms with E-state index in [1.807, 2.05) is 23.7 Å². The second kappa shape index (κ2) is 5.57. The van der Waals surface area contributed by atoms with Crippen LogP contribution in [0.4, 0.5) is 4.39 Å². The van der Waals surface area contributed by atoms with Crippen LogP contribution < -0.4 is 0 Å². The summed E-state index contributed by atoms with van der Waals surface area (Å²) in [5.74, 6) is 1.30. The molecule has 1 aliphatic carbocycles. The molecule has 3 nitrogen and oxygen atoms in total. The first-order valence-electron chi connectivity index (χ1n) is 7.63. The van der Waals surface area contributed by atoms with Gasteiger partial charge in [-0.1, -0.05) is 35.3 Å². The summed E-state index contributed by atoms with van der Waals surface area (Å²) in [7, 11) is 1.92. The van der Waals surface area contributed by atoms with E-state index in [1.165, 1.54) is 12.1 Å². The molecule has 3 aromatic rings. The minimum Gasteiger partial charge on any atom is -0.313 e. The van der Waals surface area contributed by atoms with Gasteiger partial charge in [0.05, 0.1) is 10.4 Å². The number of rotatable bonds is 3. The standard InChI is InChI=1S/C18H14Cl2FN3/c1-24-16(14-10-12(19)4-7-15(14)20)22-23-17(24)18(8-9-18)11-2-5-13(21)6-3-11/h2-7,10H,8-9H2,1H3. The first-order chi connectivity index (χ1) is 11.5. The Morgan fingerprint density at radius 1 is 1.04 bits per heavy atom. The molecule has 6 heteroatoms. The Labute approximate surface area is 149 Å². The highest BCUT2D eigenvalue weighted by Crippen LogP contribution is 2.53. The summed E-state index contributed by atoms with van der Waals surface area (Å²) in [5, 5.41) is 9.92. The first-order valence-corrected chi connectivity index (χ1v) is 8.38. The average molecular weight is 362 g/mol. The predicted molar refractivity (Wildman–Crippen MR) is 92.9 cm³/mol. The van der Waals surface area contributed by atoms with E-state index >= 15 is 0 Å². The average Bonchev–Trinajstić information content (AvgIpc) is 3.28.